The Bertz CT molecular complexity index is 215. The molecule has 1 fully saturated rings. The van der Waals surface area contributed by atoms with Gasteiger partial charge in [0.05, 0.1) is 7.11 Å². The molecule has 4 nitrogen and oxygen atoms in total. The van der Waals surface area contributed by atoms with Crippen molar-refractivity contribution in [1.82, 2.24) is 4.90 Å². The fourth-order valence-corrected chi connectivity index (χ4v) is 1.76. The number of nitrogens with zero attached hydrogens (tertiary/aromatic N) is 1. The molecule has 1 saturated carbocycles. The third kappa shape index (κ3) is 4.18. The van der Waals surface area contributed by atoms with Gasteiger partial charge in [0.25, 0.3) is 0 Å². The van der Waals surface area contributed by atoms with Gasteiger partial charge in [0.2, 0.25) is 0 Å². The Hall–Kier alpha value is -0.610. The van der Waals surface area contributed by atoms with Crippen LogP contribution >= 0.6 is 0 Å². The lowest BCUT2D eigenvalue weighted by molar-refractivity contribution is -0.142. The third-order valence-corrected chi connectivity index (χ3v) is 2.60. The molecule has 0 amide bonds. The summed E-state index contributed by atoms with van der Waals surface area (Å²) in [6.07, 6.45) is 2.47. The second kappa shape index (κ2) is 5.47. The summed E-state index contributed by atoms with van der Waals surface area (Å²) in [5.74, 6) is 0.292. The van der Waals surface area contributed by atoms with E-state index in [9.17, 15) is 4.79 Å². The van der Waals surface area contributed by atoms with Crippen molar-refractivity contribution in [2.45, 2.75) is 38.8 Å². The number of hydrogen-bond donors (Lipinski definition) is 1. The molecule has 0 radical (unpaired) electrons. The maximum Gasteiger partial charge on any atom is 0.323 e. The molecule has 4 heteroatoms. The van der Waals surface area contributed by atoms with Crippen LogP contribution in [0.2, 0.25) is 0 Å². The number of carbonyl (C=O) groups is 1. The molecule has 1 aliphatic carbocycles. The number of hydrogen-bond acceptors (Lipinski definition) is 4. The zero-order chi connectivity index (χ0) is 11.4. The van der Waals surface area contributed by atoms with Crippen LogP contribution in [0.15, 0.2) is 0 Å². The number of nitrogens with two attached hydrogens (primary N) is 1. The molecule has 0 aromatic heterocycles. The Morgan fingerprint density at radius 3 is 2.47 bits per heavy atom. The van der Waals surface area contributed by atoms with Gasteiger partial charge in [-0.25, -0.2) is 0 Å². The fourth-order valence-electron chi connectivity index (χ4n) is 1.76. The van der Waals surface area contributed by atoms with E-state index < -0.39 is 6.04 Å². The first-order valence-corrected chi connectivity index (χ1v) is 5.62. The van der Waals surface area contributed by atoms with Crippen LogP contribution in [-0.4, -0.2) is 43.2 Å². The quantitative estimate of drug-likeness (QED) is 0.658. The van der Waals surface area contributed by atoms with E-state index in [2.05, 4.69) is 23.5 Å². The summed E-state index contributed by atoms with van der Waals surface area (Å²) in [6.45, 7) is 5.99. The summed E-state index contributed by atoms with van der Waals surface area (Å²) >= 11 is 0. The van der Waals surface area contributed by atoms with E-state index in [4.69, 9.17) is 5.73 Å². The summed E-state index contributed by atoms with van der Waals surface area (Å²) in [5, 5.41) is 0. The van der Waals surface area contributed by atoms with Crippen molar-refractivity contribution in [2.75, 3.05) is 20.2 Å². The molecule has 0 aliphatic heterocycles. The molecule has 0 aromatic rings. The van der Waals surface area contributed by atoms with Gasteiger partial charge in [0.1, 0.15) is 6.04 Å². The molecule has 0 bridgehead atoms. The van der Waals surface area contributed by atoms with Gasteiger partial charge in [0, 0.05) is 19.1 Å². The topological polar surface area (TPSA) is 55.6 Å². The van der Waals surface area contributed by atoms with Crippen LogP contribution in [0, 0.1) is 5.92 Å². The van der Waals surface area contributed by atoms with E-state index in [-0.39, 0.29) is 5.97 Å². The average Bonchev–Trinajstić information content (AvgIpc) is 2.97. The molecule has 0 saturated heterocycles. The Morgan fingerprint density at radius 2 is 2.07 bits per heavy atom. The van der Waals surface area contributed by atoms with Crippen molar-refractivity contribution >= 4 is 5.97 Å². The van der Waals surface area contributed by atoms with Crippen LogP contribution in [-0.2, 0) is 9.53 Å². The van der Waals surface area contributed by atoms with Crippen LogP contribution in [0.5, 0.6) is 0 Å². The first kappa shape index (κ1) is 12.5. The van der Waals surface area contributed by atoms with Crippen molar-refractivity contribution in [3.8, 4) is 0 Å². The lowest BCUT2D eigenvalue weighted by Crippen LogP contribution is -2.45. The Labute approximate surface area is 91.8 Å². The minimum Gasteiger partial charge on any atom is -0.468 e. The monoisotopic (exact) mass is 214 g/mol. The van der Waals surface area contributed by atoms with Crippen molar-refractivity contribution < 1.29 is 9.53 Å². The summed E-state index contributed by atoms with van der Waals surface area (Å²) in [7, 11) is 1.38. The van der Waals surface area contributed by atoms with E-state index in [0.29, 0.717) is 18.5 Å². The summed E-state index contributed by atoms with van der Waals surface area (Å²) in [5.41, 5.74) is 5.75. The molecule has 1 aliphatic rings. The van der Waals surface area contributed by atoms with Gasteiger partial charge in [-0.2, -0.15) is 0 Å². The summed E-state index contributed by atoms with van der Waals surface area (Å²) in [4.78, 5) is 13.5. The molecule has 88 valence electrons. The van der Waals surface area contributed by atoms with Crippen LogP contribution in [0.1, 0.15) is 26.7 Å². The second-order valence-electron chi connectivity index (χ2n) is 4.71. The molecule has 1 rings (SSSR count). The highest BCUT2D eigenvalue weighted by molar-refractivity contribution is 5.75. The van der Waals surface area contributed by atoms with Crippen LogP contribution in [0.3, 0.4) is 0 Å². The number of carbonyl (C=O) groups excluding carboxylic acids is 1. The average molecular weight is 214 g/mol. The van der Waals surface area contributed by atoms with Crippen molar-refractivity contribution in [1.29, 1.82) is 0 Å². The first-order valence-electron chi connectivity index (χ1n) is 5.62. The van der Waals surface area contributed by atoms with Gasteiger partial charge in [0.15, 0.2) is 0 Å². The van der Waals surface area contributed by atoms with E-state index in [1.807, 2.05) is 0 Å². The Balaban J connectivity index is 2.39. The van der Waals surface area contributed by atoms with E-state index in [1.165, 1.54) is 20.0 Å². The third-order valence-electron chi connectivity index (χ3n) is 2.60. The smallest absolute Gasteiger partial charge is 0.323 e. The van der Waals surface area contributed by atoms with Crippen molar-refractivity contribution in [2.24, 2.45) is 11.7 Å². The Kier molecular flexibility index (Phi) is 4.54. The molecule has 1 atom stereocenters. The van der Waals surface area contributed by atoms with Gasteiger partial charge in [-0.15, -0.1) is 0 Å². The van der Waals surface area contributed by atoms with Gasteiger partial charge >= 0.3 is 5.97 Å². The normalized spacial score (nSPS) is 18.3. The van der Waals surface area contributed by atoms with Crippen molar-refractivity contribution in [3.63, 3.8) is 0 Å². The highest BCUT2D eigenvalue weighted by Gasteiger charge is 2.31. The standard InChI is InChI=1S/C11H22N2O2/c1-8(2)6-13(9-4-5-9)7-10(12)11(14)15-3/h8-10H,4-7,12H2,1-3H3. The van der Waals surface area contributed by atoms with Crippen LogP contribution in [0.25, 0.3) is 0 Å². The van der Waals surface area contributed by atoms with Gasteiger partial charge in [-0.05, 0) is 18.8 Å². The number of ether oxygens (including phenoxy) is 1. The molecule has 0 aromatic carbocycles. The minimum absolute atomic E-state index is 0.315. The van der Waals surface area contributed by atoms with Gasteiger partial charge < -0.3 is 10.5 Å². The van der Waals surface area contributed by atoms with E-state index in [0.717, 1.165) is 6.54 Å². The number of methoxy groups -OCH3 is 1. The molecular formula is C11H22N2O2. The van der Waals surface area contributed by atoms with Crippen molar-refractivity contribution in [3.05, 3.63) is 0 Å². The molecule has 0 spiro atoms. The molecule has 0 heterocycles. The SMILES string of the molecule is COC(=O)C(N)CN(CC(C)C)C1CC1. The molecule has 2 N–H and O–H groups in total. The number of rotatable bonds is 6. The fraction of sp³-hybridized carbons (Fsp3) is 0.909. The maximum atomic E-state index is 11.2. The van der Waals surface area contributed by atoms with Crippen LogP contribution in [0.4, 0.5) is 0 Å². The zero-order valence-electron chi connectivity index (χ0n) is 9.90. The van der Waals surface area contributed by atoms with Gasteiger partial charge in [-0.1, -0.05) is 13.8 Å². The maximum absolute atomic E-state index is 11.2. The second-order valence-corrected chi connectivity index (χ2v) is 4.71. The highest BCUT2D eigenvalue weighted by atomic mass is 16.5. The molecular weight excluding hydrogens is 192 g/mol. The van der Waals surface area contributed by atoms with E-state index >= 15 is 0 Å². The highest BCUT2D eigenvalue weighted by Crippen LogP contribution is 2.27. The number of esters is 1. The lowest BCUT2D eigenvalue weighted by atomic mass is 10.2. The largest absolute Gasteiger partial charge is 0.468 e. The summed E-state index contributed by atoms with van der Waals surface area (Å²) in [6, 6.07) is 0.137. The first-order chi connectivity index (χ1) is 7.04. The molecule has 15 heavy (non-hydrogen) atoms. The molecule has 1 unspecified atom stereocenters. The zero-order valence-corrected chi connectivity index (χ0v) is 9.90. The predicted molar refractivity (Wildman–Crippen MR) is 59.4 cm³/mol. The van der Waals surface area contributed by atoms with Gasteiger partial charge in [-0.3, -0.25) is 9.69 Å². The van der Waals surface area contributed by atoms with E-state index in [1.54, 1.807) is 0 Å². The predicted octanol–water partition coefficient (Wildman–Crippen LogP) is 0.607. The Morgan fingerprint density at radius 1 is 1.47 bits per heavy atom. The van der Waals surface area contributed by atoms with Crippen LogP contribution < -0.4 is 5.73 Å². The lowest BCUT2D eigenvalue weighted by Gasteiger charge is -2.26. The minimum atomic E-state index is -0.505. The summed E-state index contributed by atoms with van der Waals surface area (Å²) < 4.78 is 4.63.